The number of methoxy groups -OCH3 is 1. The molecule has 0 unspecified atom stereocenters. The SMILES string of the molecule is COc1ccc(N/C=C/C(=O)Nc2ccc(C(N)=NC=Nc3ccc(C(F)(F)F)cc3)cc2)c(C(C)C)c1. The summed E-state index contributed by atoms with van der Waals surface area (Å²) in [4.78, 5) is 20.3. The molecular weight excluding hydrogens is 495 g/mol. The molecule has 0 bridgehead atoms. The molecule has 0 aliphatic carbocycles. The quantitative estimate of drug-likeness (QED) is 0.170. The van der Waals surface area contributed by atoms with Crippen molar-refractivity contribution in [1.82, 2.24) is 0 Å². The molecular formula is C28H28F3N5O2. The summed E-state index contributed by atoms with van der Waals surface area (Å²) in [5.74, 6) is 0.861. The first kappa shape index (κ1) is 28.0. The number of aliphatic imine (C=N–C) groups is 2. The van der Waals surface area contributed by atoms with Gasteiger partial charge in [-0.1, -0.05) is 13.8 Å². The third-order valence-electron chi connectivity index (χ3n) is 5.40. The lowest BCUT2D eigenvalue weighted by atomic mass is 10.0. The van der Waals surface area contributed by atoms with E-state index in [1.807, 2.05) is 18.2 Å². The van der Waals surface area contributed by atoms with Crippen LogP contribution in [0.3, 0.4) is 0 Å². The maximum atomic E-state index is 12.6. The van der Waals surface area contributed by atoms with Crippen LogP contribution in [-0.4, -0.2) is 25.2 Å². The summed E-state index contributed by atoms with van der Waals surface area (Å²) in [5, 5.41) is 5.89. The first-order valence-electron chi connectivity index (χ1n) is 11.6. The second-order valence-corrected chi connectivity index (χ2v) is 8.46. The summed E-state index contributed by atoms with van der Waals surface area (Å²) in [6, 6.07) is 16.8. The number of anilines is 2. The van der Waals surface area contributed by atoms with E-state index in [1.165, 1.54) is 24.5 Å². The molecule has 3 aromatic carbocycles. The highest BCUT2D eigenvalue weighted by Crippen LogP contribution is 2.30. The molecule has 0 spiro atoms. The number of halogens is 3. The number of amides is 1. The Morgan fingerprint density at radius 1 is 1.03 bits per heavy atom. The summed E-state index contributed by atoms with van der Waals surface area (Å²) in [6.07, 6.45) is -0.287. The van der Waals surface area contributed by atoms with Gasteiger partial charge < -0.3 is 21.1 Å². The van der Waals surface area contributed by atoms with Crippen LogP contribution in [0.15, 0.2) is 89.0 Å². The average Bonchev–Trinajstić information content (AvgIpc) is 2.89. The van der Waals surface area contributed by atoms with Gasteiger partial charge in [0, 0.05) is 29.2 Å². The number of hydrogen-bond donors (Lipinski definition) is 3. The summed E-state index contributed by atoms with van der Waals surface area (Å²) in [5.41, 5.74) is 8.60. The molecule has 3 aromatic rings. The van der Waals surface area contributed by atoms with E-state index in [0.29, 0.717) is 16.9 Å². The van der Waals surface area contributed by atoms with Gasteiger partial charge in [-0.25, -0.2) is 9.98 Å². The van der Waals surface area contributed by atoms with Crippen LogP contribution >= 0.6 is 0 Å². The lowest BCUT2D eigenvalue weighted by Gasteiger charge is -2.14. The number of nitrogens with zero attached hydrogens (tertiary/aromatic N) is 2. The van der Waals surface area contributed by atoms with E-state index in [0.717, 1.165) is 29.1 Å². The van der Waals surface area contributed by atoms with E-state index in [1.54, 1.807) is 37.6 Å². The van der Waals surface area contributed by atoms with Crippen molar-refractivity contribution in [3.05, 3.63) is 95.7 Å². The van der Waals surface area contributed by atoms with Gasteiger partial charge in [0.05, 0.1) is 18.4 Å². The first-order chi connectivity index (χ1) is 18.1. The number of benzene rings is 3. The molecule has 0 radical (unpaired) electrons. The fourth-order valence-electron chi connectivity index (χ4n) is 3.36. The molecule has 38 heavy (non-hydrogen) atoms. The van der Waals surface area contributed by atoms with Gasteiger partial charge in [0.15, 0.2) is 0 Å². The zero-order chi connectivity index (χ0) is 27.7. The number of ether oxygens (including phenoxy) is 1. The van der Waals surface area contributed by atoms with Crippen LogP contribution < -0.4 is 21.1 Å². The molecule has 0 heterocycles. The molecule has 198 valence electrons. The fourth-order valence-corrected chi connectivity index (χ4v) is 3.36. The lowest BCUT2D eigenvalue weighted by Crippen LogP contribution is -2.14. The number of carbonyl (C=O) groups excluding carboxylic acids is 1. The van der Waals surface area contributed by atoms with Crippen molar-refractivity contribution in [2.45, 2.75) is 25.9 Å². The number of rotatable bonds is 9. The molecule has 0 aliphatic heterocycles. The molecule has 3 rings (SSSR count). The Morgan fingerprint density at radius 3 is 2.32 bits per heavy atom. The predicted molar refractivity (Wildman–Crippen MR) is 145 cm³/mol. The molecule has 4 N–H and O–H groups in total. The Hall–Kier alpha value is -4.60. The van der Waals surface area contributed by atoms with E-state index in [-0.39, 0.29) is 17.7 Å². The monoisotopic (exact) mass is 523 g/mol. The van der Waals surface area contributed by atoms with Crippen molar-refractivity contribution < 1.29 is 22.7 Å². The highest BCUT2D eigenvalue weighted by Gasteiger charge is 2.29. The average molecular weight is 524 g/mol. The molecule has 1 amide bonds. The zero-order valence-electron chi connectivity index (χ0n) is 21.1. The van der Waals surface area contributed by atoms with Crippen molar-refractivity contribution >= 4 is 35.1 Å². The largest absolute Gasteiger partial charge is 0.497 e. The molecule has 10 heteroatoms. The second-order valence-electron chi connectivity index (χ2n) is 8.46. The standard InChI is InChI=1S/C28H28F3N5O2/c1-18(2)24-16-23(38-3)12-13-25(24)33-15-14-26(37)36-22-8-4-19(5-9-22)27(32)35-17-34-21-10-6-20(7-11-21)28(29,30)31/h4-18,33H,1-3H3,(H,36,37)(H2,32,34,35)/b15-14+. The normalized spacial score (nSPS) is 12.3. The van der Waals surface area contributed by atoms with Crippen molar-refractivity contribution in [2.24, 2.45) is 15.7 Å². The fraction of sp³-hybridized carbons (Fsp3) is 0.179. The van der Waals surface area contributed by atoms with Crippen molar-refractivity contribution in [3.63, 3.8) is 0 Å². The van der Waals surface area contributed by atoms with E-state index >= 15 is 0 Å². The Labute approximate surface area is 219 Å². The van der Waals surface area contributed by atoms with Gasteiger partial charge in [-0.2, -0.15) is 13.2 Å². The van der Waals surface area contributed by atoms with Gasteiger partial charge in [-0.3, -0.25) is 4.79 Å². The molecule has 0 aliphatic rings. The van der Waals surface area contributed by atoms with Crippen LogP contribution in [0, 0.1) is 0 Å². The number of alkyl halides is 3. The van der Waals surface area contributed by atoms with Gasteiger partial charge in [0.25, 0.3) is 0 Å². The number of nitrogens with one attached hydrogen (secondary N) is 2. The van der Waals surface area contributed by atoms with Crippen molar-refractivity contribution in [3.8, 4) is 5.75 Å². The molecule has 0 fully saturated rings. The smallest absolute Gasteiger partial charge is 0.416 e. The van der Waals surface area contributed by atoms with Crippen LogP contribution in [-0.2, 0) is 11.0 Å². The van der Waals surface area contributed by atoms with Crippen LogP contribution in [0.5, 0.6) is 5.75 Å². The molecule has 0 saturated heterocycles. The van der Waals surface area contributed by atoms with E-state index in [2.05, 4.69) is 34.5 Å². The van der Waals surface area contributed by atoms with Gasteiger partial charge in [-0.05, 0) is 78.2 Å². The zero-order valence-corrected chi connectivity index (χ0v) is 21.1. The molecule has 7 nitrogen and oxygen atoms in total. The first-order valence-corrected chi connectivity index (χ1v) is 11.6. The molecule has 0 atom stereocenters. The van der Waals surface area contributed by atoms with Gasteiger partial charge in [-0.15, -0.1) is 0 Å². The van der Waals surface area contributed by atoms with Crippen LogP contribution in [0.25, 0.3) is 0 Å². The number of carbonyl (C=O) groups is 1. The van der Waals surface area contributed by atoms with E-state index in [9.17, 15) is 18.0 Å². The minimum Gasteiger partial charge on any atom is -0.497 e. The maximum Gasteiger partial charge on any atom is 0.416 e. The van der Waals surface area contributed by atoms with Crippen LogP contribution in [0.1, 0.15) is 36.5 Å². The summed E-state index contributed by atoms with van der Waals surface area (Å²) >= 11 is 0. The Kier molecular flexibility index (Phi) is 9.26. The minimum absolute atomic E-state index is 0.156. The van der Waals surface area contributed by atoms with Crippen LogP contribution in [0.4, 0.5) is 30.2 Å². The maximum absolute atomic E-state index is 12.6. The van der Waals surface area contributed by atoms with E-state index in [4.69, 9.17) is 10.5 Å². The Balaban J connectivity index is 1.55. The number of nitrogens with two attached hydrogens (primary N) is 1. The van der Waals surface area contributed by atoms with Gasteiger partial charge >= 0.3 is 6.18 Å². The topological polar surface area (TPSA) is 101 Å². The van der Waals surface area contributed by atoms with E-state index < -0.39 is 11.7 Å². The molecule has 0 saturated carbocycles. The van der Waals surface area contributed by atoms with Crippen molar-refractivity contribution in [2.75, 3.05) is 17.7 Å². The molecule has 0 aromatic heterocycles. The van der Waals surface area contributed by atoms with Gasteiger partial charge in [0.2, 0.25) is 5.91 Å². The highest BCUT2D eigenvalue weighted by molar-refractivity contribution is 6.03. The lowest BCUT2D eigenvalue weighted by molar-refractivity contribution is -0.137. The number of hydrogen-bond acceptors (Lipinski definition) is 4. The summed E-state index contributed by atoms with van der Waals surface area (Å²) < 4.78 is 43.2. The third kappa shape index (κ3) is 7.95. The highest BCUT2D eigenvalue weighted by atomic mass is 19.4. The van der Waals surface area contributed by atoms with Crippen molar-refractivity contribution in [1.29, 1.82) is 0 Å². The number of amidine groups is 1. The predicted octanol–water partition coefficient (Wildman–Crippen LogP) is 6.47. The Morgan fingerprint density at radius 2 is 1.71 bits per heavy atom. The Bertz CT molecular complexity index is 1330. The second kappa shape index (κ2) is 12.6. The summed E-state index contributed by atoms with van der Waals surface area (Å²) in [6.45, 7) is 4.15. The minimum atomic E-state index is -4.40. The summed E-state index contributed by atoms with van der Waals surface area (Å²) in [7, 11) is 1.62. The third-order valence-corrected chi connectivity index (χ3v) is 5.40. The van der Waals surface area contributed by atoms with Gasteiger partial charge in [0.1, 0.15) is 17.9 Å². The van der Waals surface area contributed by atoms with Crippen LogP contribution in [0.2, 0.25) is 0 Å².